The fourth-order valence-corrected chi connectivity index (χ4v) is 11.9. The molecule has 4 aromatic carbocycles. The van der Waals surface area contributed by atoms with Crippen LogP contribution in [0.4, 0.5) is 0 Å². The van der Waals surface area contributed by atoms with E-state index < -0.39 is 59.8 Å². The molecule has 0 spiro atoms. The molecule has 0 radical (unpaired) electrons. The second-order valence-corrected chi connectivity index (χ2v) is 18.3. The first-order chi connectivity index (χ1) is 28.6. The molecule has 310 valence electrons. The van der Waals surface area contributed by atoms with Gasteiger partial charge in [0, 0.05) is 30.8 Å². The lowest BCUT2D eigenvalue weighted by Gasteiger charge is -2.37. The first-order valence-corrected chi connectivity index (χ1v) is 22.6. The number of methoxy groups -OCH3 is 2. The van der Waals surface area contributed by atoms with Gasteiger partial charge >= 0.3 is 5.69 Å². The molecule has 6 atom stereocenters. The van der Waals surface area contributed by atoms with Gasteiger partial charge in [-0.05, 0) is 72.4 Å². The number of ether oxygens (including phenoxy) is 4. The van der Waals surface area contributed by atoms with E-state index in [1.54, 1.807) is 44.6 Å². The first-order valence-electron chi connectivity index (χ1n) is 19.8. The molecule has 8 rings (SSSR count). The number of fused-ring (bicyclic) bond motifs is 1. The lowest BCUT2D eigenvalue weighted by Crippen LogP contribution is -2.40. The predicted octanol–water partition coefficient (Wildman–Crippen LogP) is 6.36. The Balaban J connectivity index is 1.15. The molecule has 0 bridgehead atoms. The number of nitrogens with one attached hydrogen (secondary N) is 1. The highest BCUT2D eigenvalue weighted by molar-refractivity contribution is 7.91. The van der Waals surface area contributed by atoms with Gasteiger partial charge in [-0.1, -0.05) is 79.7 Å². The maximum absolute atomic E-state index is 13.7. The van der Waals surface area contributed by atoms with Crippen molar-refractivity contribution in [3.05, 3.63) is 158 Å². The molecule has 13 nitrogen and oxygen atoms in total. The molecule has 3 aliphatic rings. The van der Waals surface area contributed by atoms with Crippen LogP contribution >= 0.6 is 8.53 Å². The molecule has 3 aliphatic heterocycles. The van der Waals surface area contributed by atoms with Crippen molar-refractivity contribution >= 4 is 18.4 Å². The molecular weight excluding hydrogens is 794 g/mol. The second-order valence-electron chi connectivity index (χ2n) is 14.8. The van der Waals surface area contributed by atoms with Crippen molar-refractivity contribution in [2.75, 3.05) is 33.1 Å². The summed E-state index contributed by atoms with van der Waals surface area (Å²) >= 11 is 0. The van der Waals surface area contributed by atoms with Crippen LogP contribution in [0.1, 0.15) is 54.7 Å². The van der Waals surface area contributed by atoms with Crippen LogP contribution in [0, 0.1) is 0 Å². The molecule has 0 saturated carbocycles. The zero-order valence-electron chi connectivity index (χ0n) is 33.1. The number of sulfone groups is 1. The molecule has 0 amide bonds. The smallest absolute Gasteiger partial charge is 0.330 e. The molecule has 15 heteroatoms. The second kappa shape index (κ2) is 17.5. The average Bonchev–Trinajstić information content (AvgIpc) is 3.99. The highest BCUT2D eigenvalue weighted by atomic mass is 32.2. The van der Waals surface area contributed by atoms with Gasteiger partial charge < -0.3 is 33.0 Å². The van der Waals surface area contributed by atoms with Crippen LogP contribution < -0.4 is 20.7 Å². The van der Waals surface area contributed by atoms with Gasteiger partial charge in [-0.2, -0.15) is 0 Å². The van der Waals surface area contributed by atoms with Crippen LogP contribution in [0.5, 0.6) is 11.5 Å². The number of benzene rings is 4. The molecule has 5 aromatic rings. The summed E-state index contributed by atoms with van der Waals surface area (Å²) in [6, 6.07) is 33.5. The van der Waals surface area contributed by atoms with E-state index in [1.807, 2.05) is 85.8 Å². The van der Waals surface area contributed by atoms with Crippen LogP contribution in [-0.4, -0.2) is 80.1 Å². The first kappa shape index (κ1) is 41.1. The largest absolute Gasteiger partial charge is 0.497 e. The van der Waals surface area contributed by atoms with Crippen molar-refractivity contribution in [3.8, 4) is 11.5 Å². The average molecular weight is 842 g/mol. The standard InChI is InChI=1S/C44H48N3O10PS/c1-4-30-27-45-43(49)47(42(30)48)41-26-38(56-58-46-25-11-16-37(46)40(57-58)29-59(50,51)36-14-9-6-10-15-36)39(55-41)28-54-44(31-12-7-5-8-13-31,32-17-21-34(52-2)22-18-32)33-19-23-35(53-3)24-20-33/h5-10,12-15,17-24,27,37-41H,4,11,16,25-26,28-29H2,1-3H3,(H,45,49)/t37-,38-,39+,40+,41+,58+/m0/s1. The lowest BCUT2D eigenvalue weighted by molar-refractivity contribution is -0.0925. The van der Waals surface area contributed by atoms with E-state index in [0.717, 1.165) is 34.1 Å². The van der Waals surface area contributed by atoms with Crippen LogP contribution in [-0.2, 0) is 40.4 Å². The van der Waals surface area contributed by atoms with Crippen LogP contribution in [0.2, 0.25) is 0 Å². The summed E-state index contributed by atoms with van der Waals surface area (Å²) in [5, 5.41) is 0. The highest BCUT2D eigenvalue weighted by Gasteiger charge is 2.51. The maximum atomic E-state index is 13.7. The number of aromatic amines is 1. The minimum atomic E-state index is -3.65. The number of hydrogen-bond donors (Lipinski definition) is 1. The molecule has 3 fully saturated rings. The zero-order valence-corrected chi connectivity index (χ0v) is 34.8. The molecule has 59 heavy (non-hydrogen) atoms. The number of hydrogen-bond acceptors (Lipinski definition) is 11. The normalized spacial score (nSPS) is 23.3. The predicted molar refractivity (Wildman–Crippen MR) is 222 cm³/mol. The van der Waals surface area contributed by atoms with Crippen molar-refractivity contribution in [1.82, 2.24) is 14.2 Å². The summed E-state index contributed by atoms with van der Waals surface area (Å²) in [4.78, 5) is 29.9. The molecular formula is C44H48N3O10PS. The molecule has 0 unspecified atom stereocenters. The van der Waals surface area contributed by atoms with E-state index in [-0.39, 0.29) is 29.7 Å². The Kier molecular flexibility index (Phi) is 12.2. The topological polar surface area (TPSA) is 148 Å². The SMILES string of the molecule is CCc1c[nH]c(=O)n([C@H]2C[C@H](O[P@]3O[C@H](CS(=O)(=O)c4ccccc4)[C@@H]4CCCN43)[C@@H](COC(c3ccccc3)(c3ccc(OC)cc3)c3ccc(OC)cc3)O2)c1=O. The number of H-pyrrole nitrogens is 1. The Hall–Kier alpha value is -4.66. The van der Waals surface area contributed by atoms with Crippen molar-refractivity contribution < 1.29 is 36.4 Å². The molecule has 1 aromatic heterocycles. The van der Waals surface area contributed by atoms with E-state index in [9.17, 15) is 18.0 Å². The van der Waals surface area contributed by atoms with Gasteiger partial charge in [0.25, 0.3) is 14.1 Å². The number of rotatable bonds is 15. The Labute approximate surface area is 344 Å². The summed E-state index contributed by atoms with van der Waals surface area (Å²) in [5.41, 5.74) is 0.696. The van der Waals surface area contributed by atoms with Crippen molar-refractivity contribution in [3.63, 3.8) is 0 Å². The summed E-state index contributed by atoms with van der Waals surface area (Å²) in [7, 11) is -2.17. The minimum Gasteiger partial charge on any atom is -0.497 e. The van der Waals surface area contributed by atoms with Crippen molar-refractivity contribution in [2.24, 2.45) is 0 Å². The van der Waals surface area contributed by atoms with Gasteiger partial charge in [-0.3, -0.25) is 4.79 Å². The van der Waals surface area contributed by atoms with Crippen molar-refractivity contribution in [1.29, 1.82) is 0 Å². The summed E-state index contributed by atoms with van der Waals surface area (Å²) in [6.45, 7) is 2.49. The summed E-state index contributed by atoms with van der Waals surface area (Å²) in [6.07, 6.45) is 0.536. The number of aryl methyl sites for hydroxylation is 1. The lowest BCUT2D eigenvalue weighted by atomic mass is 9.80. The Morgan fingerprint density at radius 3 is 2.05 bits per heavy atom. The summed E-state index contributed by atoms with van der Waals surface area (Å²) in [5.74, 6) is 1.17. The highest BCUT2D eigenvalue weighted by Crippen LogP contribution is 2.58. The van der Waals surface area contributed by atoms with Gasteiger partial charge in [0.2, 0.25) is 0 Å². The van der Waals surface area contributed by atoms with E-state index in [4.69, 9.17) is 28.0 Å². The summed E-state index contributed by atoms with van der Waals surface area (Å²) < 4.78 is 68.7. The quantitative estimate of drug-likeness (QED) is 0.0928. The monoisotopic (exact) mass is 841 g/mol. The molecule has 0 aliphatic carbocycles. The fraction of sp³-hybridized carbons (Fsp3) is 0.364. The van der Waals surface area contributed by atoms with Gasteiger partial charge in [0.1, 0.15) is 29.4 Å². The van der Waals surface area contributed by atoms with Gasteiger partial charge in [0.05, 0.1) is 43.7 Å². The van der Waals surface area contributed by atoms with E-state index in [0.29, 0.717) is 30.0 Å². The van der Waals surface area contributed by atoms with Crippen LogP contribution in [0.3, 0.4) is 0 Å². The maximum Gasteiger partial charge on any atom is 0.330 e. The Morgan fingerprint density at radius 2 is 1.44 bits per heavy atom. The Morgan fingerprint density at radius 1 is 0.831 bits per heavy atom. The minimum absolute atomic E-state index is 0.0351. The molecule has 3 saturated heterocycles. The van der Waals surface area contributed by atoms with E-state index >= 15 is 0 Å². The molecule has 1 N–H and O–H groups in total. The van der Waals surface area contributed by atoms with E-state index in [2.05, 4.69) is 9.65 Å². The van der Waals surface area contributed by atoms with Gasteiger partial charge in [0.15, 0.2) is 9.84 Å². The Bertz CT molecular complexity index is 2380. The third-order valence-electron chi connectivity index (χ3n) is 11.4. The number of nitrogens with zero attached hydrogens (tertiary/aromatic N) is 2. The van der Waals surface area contributed by atoms with Crippen LogP contribution in [0.15, 0.2) is 130 Å². The zero-order chi connectivity index (χ0) is 41.1. The number of aromatic nitrogens is 2. The van der Waals surface area contributed by atoms with Gasteiger partial charge in [-0.15, -0.1) is 0 Å². The third kappa shape index (κ3) is 8.15. The van der Waals surface area contributed by atoms with Crippen molar-refractivity contribution in [2.45, 2.75) is 73.7 Å². The van der Waals surface area contributed by atoms with Gasteiger partial charge in [-0.25, -0.2) is 22.4 Å². The molecule has 4 heterocycles. The van der Waals surface area contributed by atoms with Crippen LogP contribution in [0.25, 0.3) is 0 Å². The third-order valence-corrected chi connectivity index (χ3v) is 15.0. The fourth-order valence-electron chi connectivity index (χ4n) is 8.33. The van der Waals surface area contributed by atoms with E-state index in [1.165, 1.54) is 6.20 Å².